The molecule has 2 heterocycles. The van der Waals surface area contributed by atoms with Gasteiger partial charge in [0.1, 0.15) is 0 Å². The molecule has 130 valence electrons. The van der Waals surface area contributed by atoms with Gasteiger partial charge in [-0.25, -0.2) is 17.8 Å². The number of nitrogens with one attached hydrogen (secondary N) is 1. The Balaban J connectivity index is 1.68. The molecule has 0 aliphatic carbocycles. The van der Waals surface area contributed by atoms with Gasteiger partial charge in [0, 0.05) is 32.0 Å². The first-order valence-electron chi connectivity index (χ1n) is 8.17. The fourth-order valence-electron chi connectivity index (χ4n) is 3.21. The average Bonchev–Trinajstić information content (AvgIpc) is 3.16. The van der Waals surface area contributed by atoms with Crippen molar-refractivity contribution < 1.29 is 8.42 Å². The summed E-state index contributed by atoms with van der Waals surface area (Å²) < 4.78 is 27.0. The summed E-state index contributed by atoms with van der Waals surface area (Å²) in [4.78, 5) is 2.39. The van der Waals surface area contributed by atoms with E-state index < -0.39 is 10.0 Å². The molecule has 1 aromatic carbocycles. The predicted octanol–water partition coefficient (Wildman–Crippen LogP) is 1.55. The van der Waals surface area contributed by atoms with Gasteiger partial charge in [0.15, 0.2) is 0 Å². The molecule has 1 saturated heterocycles. The number of aromatic nitrogens is 2. The van der Waals surface area contributed by atoms with Crippen molar-refractivity contribution in [2.75, 3.05) is 25.9 Å². The Kier molecular flexibility index (Phi) is 5.03. The van der Waals surface area contributed by atoms with Gasteiger partial charge in [-0.1, -0.05) is 17.7 Å². The van der Waals surface area contributed by atoms with Crippen molar-refractivity contribution in [2.45, 2.75) is 19.9 Å². The molecule has 0 unspecified atom stereocenters. The Bertz CT molecular complexity index is 787. The highest BCUT2D eigenvalue weighted by Gasteiger charge is 2.24. The largest absolute Gasteiger partial charge is 0.299 e. The third-order valence-electron chi connectivity index (χ3n) is 4.38. The van der Waals surface area contributed by atoms with E-state index in [0.29, 0.717) is 12.5 Å². The van der Waals surface area contributed by atoms with Crippen LogP contribution in [0, 0.1) is 12.8 Å². The lowest BCUT2D eigenvalue weighted by molar-refractivity contribution is 0.316. The number of benzene rings is 1. The van der Waals surface area contributed by atoms with Crippen molar-refractivity contribution in [1.29, 1.82) is 0 Å². The monoisotopic (exact) mass is 348 g/mol. The maximum absolute atomic E-state index is 11.2. The highest BCUT2D eigenvalue weighted by atomic mass is 32.2. The van der Waals surface area contributed by atoms with E-state index in [2.05, 4.69) is 39.8 Å². The van der Waals surface area contributed by atoms with Gasteiger partial charge in [0.2, 0.25) is 10.0 Å². The van der Waals surface area contributed by atoms with Crippen molar-refractivity contribution in [3.8, 4) is 5.69 Å². The van der Waals surface area contributed by atoms with E-state index in [-0.39, 0.29) is 0 Å². The zero-order valence-corrected chi connectivity index (χ0v) is 15.0. The summed E-state index contributed by atoms with van der Waals surface area (Å²) in [5.74, 6) is 0.373. The van der Waals surface area contributed by atoms with E-state index in [1.165, 1.54) is 17.4 Å². The molecule has 1 aromatic heterocycles. The van der Waals surface area contributed by atoms with Crippen LogP contribution in [0.3, 0.4) is 0 Å². The first-order valence-corrected chi connectivity index (χ1v) is 10.1. The third kappa shape index (κ3) is 4.43. The lowest BCUT2D eigenvalue weighted by atomic mass is 10.1. The maximum atomic E-state index is 11.2. The van der Waals surface area contributed by atoms with Crippen LogP contribution in [0.2, 0.25) is 0 Å². The third-order valence-corrected chi connectivity index (χ3v) is 5.08. The van der Waals surface area contributed by atoms with Gasteiger partial charge in [0.05, 0.1) is 11.9 Å². The zero-order chi connectivity index (χ0) is 17.2. The average molecular weight is 348 g/mol. The molecular formula is C17H24N4O2S. The summed E-state index contributed by atoms with van der Waals surface area (Å²) in [7, 11) is -3.11. The van der Waals surface area contributed by atoms with Gasteiger partial charge in [-0.05, 0) is 43.5 Å². The number of likely N-dealkylation sites (tertiary alicyclic amines) is 1. The van der Waals surface area contributed by atoms with Crippen LogP contribution in [-0.2, 0) is 16.6 Å². The predicted molar refractivity (Wildman–Crippen MR) is 94.5 cm³/mol. The fourth-order valence-corrected chi connectivity index (χ4v) is 3.75. The summed E-state index contributed by atoms with van der Waals surface area (Å²) >= 11 is 0. The molecule has 1 atom stereocenters. The van der Waals surface area contributed by atoms with Crippen LogP contribution in [-0.4, -0.2) is 49.0 Å². The van der Waals surface area contributed by atoms with Gasteiger partial charge in [-0.2, -0.15) is 5.10 Å². The molecule has 1 N–H and O–H groups in total. The van der Waals surface area contributed by atoms with Crippen LogP contribution in [0.25, 0.3) is 5.69 Å². The molecule has 0 amide bonds. The minimum Gasteiger partial charge on any atom is -0.299 e. The van der Waals surface area contributed by atoms with Crippen LogP contribution in [0.1, 0.15) is 17.5 Å². The van der Waals surface area contributed by atoms with E-state index in [9.17, 15) is 8.42 Å². The lowest BCUT2D eigenvalue weighted by Crippen LogP contribution is -2.30. The van der Waals surface area contributed by atoms with Crippen LogP contribution >= 0.6 is 0 Å². The summed E-state index contributed by atoms with van der Waals surface area (Å²) in [6.45, 7) is 5.37. The minimum absolute atomic E-state index is 0.373. The van der Waals surface area contributed by atoms with E-state index >= 15 is 0 Å². The van der Waals surface area contributed by atoms with Crippen molar-refractivity contribution in [3.63, 3.8) is 0 Å². The molecule has 6 nitrogen and oxygen atoms in total. The van der Waals surface area contributed by atoms with Crippen molar-refractivity contribution >= 4 is 10.0 Å². The molecule has 3 rings (SSSR count). The lowest BCUT2D eigenvalue weighted by Gasteiger charge is -2.19. The summed E-state index contributed by atoms with van der Waals surface area (Å²) in [6.07, 6.45) is 5.97. The van der Waals surface area contributed by atoms with Crippen molar-refractivity contribution in [2.24, 2.45) is 5.92 Å². The molecule has 1 aliphatic heterocycles. The summed E-state index contributed by atoms with van der Waals surface area (Å²) in [5, 5.41) is 4.34. The van der Waals surface area contributed by atoms with Gasteiger partial charge in [-0.15, -0.1) is 0 Å². The summed E-state index contributed by atoms with van der Waals surface area (Å²) in [5.41, 5.74) is 3.58. The van der Waals surface area contributed by atoms with Crippen molar-refractivity contribution in [1.82, 2.24) is 19.4 Å². The smallest absolute Gasteiger partial charge is 0.208 e. The highest BCUT2D eigenvalue weighted by Crippen LogP contribution is 2.22. The minimum atomic E-state index is -3.11. The SMILES string of the molecule is Cc1ccc(-n2cccn2)c(CN2CC[C@H](CNS(C)(=O)=O)C2)c1. The number of sulfonamides is 1. The topological polar surface area (TPSA) is 67.2 Å². The van der Waals surface area contributed by atoms with Gasteiger partial charge >= 0.3 is 0 Å². The van der Waals surface area contributed by atoms with Crippen molar-refractivity contribution in [3.05, 3.63) is 47.8 Å². The van der Waals surface area contributed by atoms with Gasteiger partial charge in [-0.3, -0.25) is 4.90 Å². The second kappa shape index (κ2) is 7.04. The quantitative estimate of drug-likeness (QED) is 0.860. The van der Waals surface area contributed by atoms with Crippen LogP contribution < -0.4 is 4.72 Å². The Labute approximate surface area is 143 Å². The zero-order valence-electron chi connectivity index (χ0n) is 14.1. The summed E-state index contributed by atoms with van der Waals surface area (Å²) in [6, 6.07) is 8.34. The van der Waals surface area contributed by atoms with E-state index in [0.717, 1.165) is 31.7 Å². The Hall–Kier alpha value is -1.70. The Morgan fingerprint density at radius 2 is 2.21 bits per heavy atom. The van der Waals surface area contributed by atoms with E-state index in [1.807, 2.05) is 16.9 Å². The standard InChI is InChI=1S/C17H24N4O2S/c1-14-4-5-17(21-8-3-7-18-21)16(10-14)13-20-9-6-15(12-20)11-19-24(2,22)23/h3-5,7-8,10,15,19H,6,9,11-13H2,1-2H3/t15-/m1/s1. The first kappa shape index (κ1) is 17.1. The molecule has 0 radical (unpaired) electrons. The molecule has 0 bridgehead atoms. The second-order valence-electron chi connectivity index (χ2n) is 6.59. The van der Waals surface area contributed by atoms with Crippen LogP contribution in [0.15, 0.2) is 36.7 Å². The maximum Gasteiger partial charge on any atom is 0.208 e. The van der Waals surface area contributed by atoms with Gasteiger partial charge < -0.3 is 0 Å². The fraction of sp³-hybridized carbons (Fsp3) is 0.471. The molecular weight excluding hydrogens is 324 g/mol. The van der Waals surface area contributed by atoms with Crippen LogP contribution in [0.5, 0.6) is 0 Å². The normalized spacial score (nSPS) is 19.0. The van der Waals surface area contributed by atoms with E-state index in [4.69, 9.17) is 0 Å². The molecule has 2 aromatic rings. The molecule has 0 saturated carbocycles. The number of hydrogen-bond acceptors (Lipinski definition) is 4. The molecule has 24 heavy (non-hydrogen) atoms. The molecule has 1 fully saturated rings. The molecule has 1 aliphatic rings. The number of nitrogens with zero attached hydrogens (tertiary/aromatic N) is 3. The highest BCUT2D eigenvalue weighted by molar-refractivity contribution is 7.88. The number of rotatable bonds is 6. The Morgan fingerprint density at radius 3 is 2.92 bits per heavy atom. The first-order chi connectivity index (χ1) is 11.4. The molecule has 7 heteroatoms. The van der Waals surface area contributed by atoms with E-state index in [1.54, 1.807) is 6.20 Å². The second-order valence-corrected chi connectivity index (χ2v) is 8.43. The molecule has 0 spiro atoms. The number of aryl methyl sites for hydroxylation is 1. The van der Waals surface area contributed by atoms with Gasteiger partial charge in [0.25, 0.3) is 0 Å². The number of hydrogen-bond donors (Lipinski definition) is 1. The Morgan fingerprint density at radius 1 is 1.38 bits per heavy atom. The van der Waals surface area contributed by atoms with Crippen LogP contribution in [0.4, 0.5) is 0 Å².